The van der Waals surface area contributed by atoms with Crippen molar-refractivity contribution in [2.45, 2.75) is 0 Å². The first kappa shape index (κ1) is 8.52. The van der Waals surface area contributed by atoms with Gasteiger partial charge in [0.25, 0.3) is 0 Å². The molecule has 0 aliphatic carbocycles. The quantitative estimate of drug-likeness (QED) is 0.674. The molecule has 0 aromatic carbocycles. The van der Waals surface area contributed by atoms with Crippen LogP contribution in [0.3, 0.4) is 0 Å². The molecule has 1 rings (SSSR count). The van der Waals surface area contributed by atoms with Crippen LogP contribution in [0.5, 0.6) is 0 Å². The maximum absolute atomic E-state index is 10.8. The van der Waals surface area contributed by atoms with Gasteiger partial charge in [-0.15, -0.1) is 0 Å². The molecular weight excluding hydrogens is 154 g/mol. The zero-order valence-electron chi connectivity index (χ0n) is 6.87. The summed E-state index contributed by atoms with van der Waals surface area (Å²) in [4.78, 5) is 14.8. The molecule has 0 spiro atoms. The molecule has 0 atom stereocenters. The Morgan fingerprint density at radius 1 is 1.58 bits per heavy atom. The fourth-order valence-electron chi connectivity index (χ4n) is 0.727. The Bertz CT molecular complexity index is 248. The molecule has 12 heavy (non-hydrogen) atoms. The summed E-state index contributed by atoms with van der Waals surface area (Å²) in [6, 6.07) is 5.49. The maximum Gasteiger partial charge on any atom is 0.239 e. The average molecular weight is 165 g/mol. The Hall–Kier alpha value is -1.58. The first-order valence-electron chi connectivity index (χ1n) is 3.68. The molecular formula is C8H11N3O. The SMILES string of the molecule is CNC(=O)CNc1ccccn1. The second-order valence-corrected chi connectivity index (χ2v) is 2.24. The molecule has 1 amide bonds. The van der Waals surface area contributed by atoms with Crippen molar-refractivity contribution in [3.63, 3.8) is 0 Å². The zero-order valence-corrected chi connectivity index (χ0v) is 6.87. The number of likely N-dealkylation sites (N-methyl/N-ethyl adjacent to an activating group) is 1. The van der Waals surface area contributed by atoms with Gasteiger partial charge in [0.15, 0.2) is 0 Å². The topological polar surface area (TPSA) is 54.0 Å². The van der Waals surface area contributed by atoms with Crippen LogP contribution in [0.25, 0.3) is 0 Å². The number of aromatic nitrogens is 1. The number of hydrogen-bond acceptors (Lipinski definition) is 3. The molecule has 0 radical (unpaired) electrons. The van der Waals surface area contributed by atoms with Crippen LogP contribution in [0.4, 0.5) is 5.82 Å². The first-order chi connectivity index (χ1) is 5.83. The molecule has 0 unspecified atom stereocenters. The minimum absolute atomic E-state index is 0.0550. The third kappa shape index (κ3) is 2.57. The highest BCUT2D eigenvalue weighted by Crippen LogP contribution is 1.97. The highest BCUT2D eigenvalue weighted by atomic mass is 16.1. The van der Waals surface area contributed by atoms with Gasteiger partial charge in [-0.2, -0.15) is 0 Å². The van der Waals surface area contributed by atoms with E-state index in [1.54, 1.807) is 13.2 Å². The van der Waals surface area contributed by atoms with E-state index in [1.807, 2.05) is 18.2 Å². The second kappa shape index (κ2) is 4.33. The molecule has 64 valence electrons. The van der Waals surface area contributed by atoms with Gasteiger partial charge < -0.3 is 10.6 Å². The van der Waals surface area contributed by atoms with Crippen LogP contribution in [0, 0.1) is 0 Å². The minimum atomic E-state index is -0.0550. The summed E-state index contributed by atoms with van der Waals surface area (Å²) >= 11 is 0. The Morgan fingerprint density at radius 3 is 3.00 bits per heavy atom. The fourth-order valence-corrected chi connectivity index (χ4v) is 0.727. The Morgan fingerprint density at radius 2 is 2.42 bits per heavy atom. The number of pyridine rings is 1. The molecule has 0 saturated carbocycles. The van der Waals surface area contributed by atoms with Gasteiger partial charge >= 0.3 is 0 Å². The Labute approximate surface area is 71.0 Å². The van der Waals surface area contributed by atoms with Crippen molar-refractivity contribution in [1.82, 2.24) is 10.3 Å². The van der Waals surface area contributed by atoms with E-state index < -0.39 is 0 Å². The lowest BCUT2D eigenvalue weighted by Gasteiger charge is -2.02. The summed E-state index contributed by atoms with van der Waals surface area (Å²) in [6.45, 7) is 0.257. The highest BCUT2D eigenvalue weighted by Gasteiger charge is 1.96. The van der Waals surface area contributed by atoms with Gasteiger partial charge in [0.1, 0.15) is 5.82 Å². The van der Waals surface area contributed by atoms with Crippen LogP contribution in [-0.2, 0) is 4.79 Å². The number of carbonyl (C=O) groups excluding carboxylic acids is 1. The highest BCUT2D eigenvalue weighted by molar-refractivity contribution is 5.79. The molecule has 0 fully saturated rings. The molecule has 0 saturated heterocycles. The van der Waals surface area contributed by atoms with E-state index in [1.165, 1.54) is 0 Å². The summed E-state index contributed by atoms with van der Waals surface area (Å²) in [5.41, 5.74) is 0. The third-order valence-electron chi connectivity index (χ3n) is 1.37. The molecule has 1 aromatic heterocycles. The molecule has 1 aromatic rings. The van der Waals surface area contributed by atoms with Crippen LogP contribution in [0.1, 0.15) is 0 Å². The van der Waals surface area contributed by atoms with Crippen molar-refractivity contribution in [3.8, 4) is 0 Å². The van der Waals surface area contributed by atoms with E-state index in [2.05, 4.69) is 15.6 Å². The number of rotatable bonds is 3. The lowest BCUT2D eigenvalue weighted by Crippen LogP contribution is -2.26. The van der Waals surface area contributed by atoms with Crippen molar-refractivity contribution in [2.24, 2.45) is 0 Å². The summed E-state index contributed by atoms with van der Waals surface area (Å²) in [7, 11) is 1.60. The van der Waals surface area contributed by atoms with Crippen molar-refractivity contribution in [3.05, 3.63) is 24.4 Å². The van der Waals surface area contributed by atoms with Gasteiger partial charge in [-0.3, -0.25) is 4.79 Å². The lowest BCUT2D eigenvalue weighted by atomic mass is 10.4. The predicted molar refractivity (Wildman–Crippen MR) is 46.8 cm³/mol. The number of nitrogens with one attached hydrogen (secondary N) is 2. The first-order valence-corrected chi connectivity index (χ1v) is 3.68. The van der Waals surface area contributed by atoms with Crippen LogP contribution in [0.2, 0.25) is 0 Å². The van der Waals surface area contributed by atoms with E-state index in [0.717, 1.165) is 0 Å². The summed E-state index contributed by atoms with van der Waals surface area (Å²) in [5, 5.41) is 5.38. The molecule has 0 bridgehead atoms. The zero-order chi connectivity index (χ0) is 8.81. The van der Waals surface area contributed by atoms with E-state index in [0.29, 0.717) is 5.82 Å². The third-order valence-corrected chi connectivity index (χ3v) is 1.37. The van der Waals surface area contributed by atoms with Crippen LogP contribution in [0.15, 0.2) is 24.4 Å². The largest absolute Gasteiger partial charge is 0.361 e. The average Bonchev–Trinajstić information content (AvgIpc) is 2.16. The number of nitrogens with zero attached hydrogens (tertiary/aromatic N) is 1. The fraction of sp³-hybridized carbons (Fsp3) is 0.250. The molecule has 0 aliphatic heterocycles. The summed E-state index contributed by atoms with van der Waals surface area (Å²) < 4.78 is 0. The van der Waals surface area contributed by atoms with Gasteiger partial charge in [-0.25, -0.2) is 4.98 Å². The van der Waals surface area contributed by atoms with Crippen molar-refractivity contribution in [1.29, 1.82) is 0 Å². The van der Waals surface area contributed by atoms with E-state index in [4.69, 9.17) is 0 Å². The molecule has 1 heterocycles. The lowest BCUT2D eigenvalue weighted by molar-refractivity contribution is -0.118. The standard InChI is InChI=1S/C8H11N3O/c1-9-8(12)6-11-7-4-2-3-5-10-7/h2-5H,6H2,1H3,(H,9,12)(H,10,11). The second-order valence-electron chi connectivity index (χ2n) is 2.24. The van der Waals surface area contributed by atoms with Crippen LogP contribution >= 0.6 is 0 Å². The normalized spacial score (nSPS) is 9.08. The van der Waals surface area contributed by atoms with Crippen LogP contribution < -0.4 is 10.6 Å². The molecule has 2 N–H and O–H groups in total. The number of carbonyl (C=O) groups is 1. The van der Waals surface area contributed by atoms with Gasteiger partial charge in [-0.05, 0) is 12.1 Å². The van der Waals surface area contributed by atoms with E-state index in [9.17, 15) is 4.79 Å². The van der Waals surface area contributed by atoms with Crippen molar-refractivity contribution >= 4 is 11.7 Å². The molecule has 0 aliphatic rings. The van der Waals surface area contributed by atoms with Gasteiger partial charge in [0, 0.05) is 13.2 Å². The van der Waals surface area contributed by atoms with Crippen molar-refractivity contribution in [2.75, 3.05) is 18.9 Å². The number of amides is 1. The molecule has 4 nitrogen and oxygen atoms in total. The van der Waals surface area contributed by atoms with Crippen LogP contribution in [-0.4, -0.2) is 24.5 Å². The van der Waals surface area contributed by atoms with Crippen molar-refractivity contribution < 1.29 is 4.79 Å². The monoisotopic (exact) mass is 165 g/mol. The predicted octanol–water partition coefficient (Wildman–Crippen LogP) is 0.239. The van der Waals surface area contributed by atoms with Gasteiger partial charge in [0.05, 0.1) is 6.54 Å². The number of hydrogen-bond donors (Lipinski definition) is 2. The van der Waals surface area contributed by atoms with E-state index >= 15 is 0 Å². The maximum atomic E-state index is 10.8. The summed E-state index contributed by atoms with van der Waals surface area (Å²) in [6.07, 6.45) is 1.67. The van der Waals surface area contributed by atoms with Gasteiger partial charge in [0.2, 0.25) is 5.91 Å². The smallest absolute Gasteiger partial charge is 0.239 e. The number of anilines is 1. The Balaban J connectivity index is 2.38. The minimum Gasteiger partial charge on any atom is -0.361 e. The van der Waals surface area contributed by atoms with E-state index in [-0.39, 0.29) is 12.5 Å². The summed E-state index contributed by atoms with van der Waals surface area (Å²) in [5.74, 6) is 0.654. The molecule has 4 heteroatoms. The Kier molecular flexibility index (Phi) is 3.07. The van der Waals surface area contributed by atoms with Gasteiger partial charge in [-0.1, -0.05) is 6.07 Å².